The molecule has 0 aliphatic rings. The van der Waals surface area contributed by atoms with Crippen LogP contribution in [-0.4, -0.2) is 16.3 Å². The average Bonchev–Trinajstić information content (AvgIpc) is 2.55. The zero-order valence-electron chi connectivity index (χ0n) is 10.0. The molecule has 0 radical (unpaired) electrons. The van der Waals surface area contributed by atoms with Crippen LogP contribution in [0.1, 0.15) is 24.1 Å². The van der Waals surface area contributed by atoms with Crippen LogP contribution in [0.25, 0.3) is 10.9 Å². The number of hydrogen-bond acceptors (Lipinski definition) is 1. The highest BCUT2D eigenvalue weighted by atomic mass is 16.2. The molecule has 1 aromatic carbocycles. The minimum absolute atomic E-state index is 0.295. The summed E-state index contributed by atoms with van der Waals surface area (Å²) in [6.45, 7) is 2.47. The van der Waals surface area contributed by atoms with Crippen LogP contribution in [0.5, 0.6) is 0 Å². The average molecular weight is 217 g/mol. The van der Waals surface area contributed by atoms with Gasteiger partial charge in [0.05, 0.1) is 0 Å². The Morgan fingerprint density at radius 2 is 1.94 bits per heavy atom. The second-order valence-electron chi connectivity index (χ2n) is 4.32. The van der Waals surface area contributed by atoms with Crippen molar-refractivity contribution in [2.75, 3.05) is 6.61 Å². The maximum Gasteiger partial charge on any atom is 0.0482 e. The summed E-state index contributed by atoms with van der Waals surface area (Å²) >= 11 is 0. The molecule has 0 fully saturated rings. The first-order valence-corrected chi connectivity index (χ1v) is 5.89. The van der Waals surface area contributed by atoms with E-state index in [1.807, 2.05) is 0 Å². The number of aliphatic hydroxyl groups excluding tert-OH is 1. The Morgan fingerprint density at radius 1 is 1.19 bits per heavy atom. The van der Waals surface area contributed by atoms with Crippen LogP contribution in [0.4, 0.5) is 0 Å². The fourth-order valence-electron chi connectivity index (χ4n) is 2.33. The number of nitrogens with zero attached hydrogens (tertiary/aromatic N) is 1. The maximum absolute atomic E-state index is 8.83. The van der Waals surface area contributed by atoms with Crippen LogP contribution < -0.4 is 0 Å². The Morgan fingerprint density at radius 3 is 2.69 bits per heavy atom. The molecule has 2 nitrogen and oxygen atoms in total. The van der Waals surface area contributed by atoms with E-state index < -0.39 is 0 Å². The lowest BCUT2D eigenvalue weighted by atomic mass is 10.0. The van der Waals surface area contributed by atoms with Gasteiger partial charge < -0.3 is 9.67 Å². The Hall–Kier alpha value is -1.28. The summed E-state index contributed by atoms with van der Waals surface area (Å²) in [7, 11) is 2.12. The Labute approximate surface area is 96.5 Å². The molecule has 2 heteroatoms. The number of fused-ring (bicyclic) bond motifs is 1. The maximum atomic E-state index is 8.83. The largest absolute Gasteiger partial charge is 0.396 e. The molecule has 2 rings (SSSR count). The van der Waals surface area contributed by atoms with Gasteiger partial charge >= 0.3 is 0 Å². The lowest BCUT2D eigenvalue weighted by Gasteiger charge is -2.01. The summed E-state index contributed by atoms with van der Waals surface area (Å²) in [5, 5.41) is 10.2. The molecule has 0 atom stereocenters. The van der Waals surface area contributed by atoms with E-state index in [-0.39, 0.29) is 0 Å². The molecule has 1 aromatic heterocycles. The molecule has 0 saturated heterocycles. The number of hydrogen-bond donors (Lipinski definition) is 1. The minimum atomic E-state index is 0.295. The first kappa shape index (κ1) is 11.2. The number of unbranched alkanes of at least 4 members (excludes halogenated alkanes) is 1. The smallest absolute Gasteiger partial charge is 0.0482 e. The monoisotopic (exact) mass is 217 g/mol. The third-order valence-corrected chi connectivity index (χ3v) is 3.37. The Kier molecular flexibility index (Phi) is 3.30. The van der Waals surface area contributed by atoms with Gasteiger partial charge in [0.15, 0.2) is 0 Å². The van der Waals surface area contributed by atoms with Gasteiger partial charge in [-0.25, -0.2) is 0 Å². The van der Waals surface area contributed by atoms with Crippen LogP contribution in [0.15, 0.2) is 24.3 Å². The van der Waals surface area contributed by atoms with Crippen molar-refractivity contribution in [3.05, 3.63) is 35.5 Å². The fraction of sp³-hybridized carbons (Fsp3) is 0.429. The van der Waals surface area contributed by atoms with Gasteiger partial charge in [0, 0.05) is 30.3 Å². The molecular formula is C14H19NO. The van der Waals surface area contributed by atoms with E-state index >= 15 is 0 Å². The number of aliphatic hydroxyl groups is 1. The zero-order valence-corrected chi connectivity index (χ0v) is 10.0. The number of benzene rings is 1. The van der Waals surface area contributed by atoms with Crippen molar-refractivity contribution in [3.8, 4) is 0 Å². The van der Waals surface area contributed by atoms with Gasteiger partial charge in [0.1, 0.15) is 0 Å². The molecule has 86 valence electrons. The number of aryl methyl sites for hydroxylation is 2. The predicted octanol–water partition coefficient (Wildman–Crippen LogP) is 2.80. The second kappa shape index (κ2) is 4.71. The van der Waals surface area contributed by atoms with Crippen LogP contribution in [0.2, 0.25) is 0 Å². The molecule has 0 amide bonds. The normalized spacial score (nSPS) is 11.2. The van der Waals surface area contributed by atoms with Crippen molar-refractivity contribution < 1.29 is 5.11 Å². The van der Waals surface area contributed by atoms with Gasteiger partial charge in [0.25, 0.3) is 0 Å². The SMILES string of the molecule is Cc1c(CCCCO)c2ccccc2n1C. The lowest BCUT2D eigenvalue weighted by Crippen LogP contribution is -1.93. The van der Waals surface area contributed by atoms with E-state index in [2.05, 4.69) is 42.8 Å². The standard InChI is InChI=1S/C14H19NO/c1-11-12(7-5-6-10-16)13-8-3-4-9-14(13)15(11)2/h3-4,8-9,16H,5-7,10H2,1-2H3. The third-order valence-electron chi connectivity index (χ3n) is 3.37. The quantitative estimate of drug-likeness (QED) is 0.783. The van der Waals surface area contributed by atoms with Crippen LogP contribution >= 0.6 is 0 Å². The van der Waals surface area contributed by atoms with Crippen molar-refractivity contribution in [1.82, 2.24) is 4.57 Å². The second-order valence-corrected chi connectivity index (χ2v) is 4.32. The lowest BCUT2D eigenvalue weighted by molar-refractivity contribution is 0.284. The zero-order chi connectivity index (χ0) is 11.5. The first-order chi connectivity index (χ1) is 7.75. The van der Waals surface area contributed by atoms with Crippen LogP contribution in [-0.2, 0) is 13.5 Å². The van der Waals surface area contributed by atoms with Gasteiger partial charge in [-0.3, -0.25) is 0 Å². The summed E-state index contributed by atoms with van der Waals surface area (Å²) in [5.41, 5.74) is 4.09. The highest BCUT2D eigenvalue weighted by Crippen LogP contribution is 2.25. The molecule has 16 heavy (non-hydrogen) atoms. The van der Waals surface area contributed by atoms with E-state index in [0.717, 1.165) is 19.3 Å². The highest BCUT2D eigenvalue weighted by Gasteiger charge is 2.10. The van der Waals surface area contributed by atoms with Crippen molar-refractivity contribution >= 4 is 10.9 Å². The Bertz CT molecular complexity index is 485. The number of aromatic nitrogens is 1. The Balaban J connectivity index is 2.39. The molecule has 0 bridgehead atoms. The summed E-state index contributed by atoms with van der Waals surface area (Å²) in [4.78, 5) is 0. The van der Waals surface area contributed by atoms with E-state index in [0.29, 0.717) is 6.61 Å². The molecule has 1 N–H and O–H groups in total. The topological polar surface area (TPSA) is 25.2 Å². The minimum Gasteiger partial charge on any atom is -0.396 e. The predicted molar refractivity (Wildman–Crippen MR) is 67.7 cm³/mol. The fourth-order valence-corrected chi connectivity index (χ4v) is 2.33. The van der Waals surface area contributed by atoms with Crippen LogP contribution in [0, 0.1) is 6.92 Å². The molecular weight excluding hydrogens is 198 g/mol. The molecule has 0 aliphatic carbocycles. The van der Waals surface area contributed by atoms with Gasteiger partial charge in [-0.2, -0.15) is 0 Å². The number of rotatable bonds is 4. The highest BCUT2D eigenvalue weighted by molar-refractivity contribution is 5.85. The van der Waals surface area contributed by atoms with E-state index in [9.17, 15) is 0 Å². The first-order valence-electron chi connectivity index (χ1n) is 5.89. The van der Waals surface area contributed by atoms with Crippen molar-refractivity contribution in [1.29, 1.82) is 0 Å². The van der Waals surface area contributed by atoms with Gasteiger partial charge in [-0.15, -0.1) is 0 Å². The van der Waals surface area contributed by atoms with Crippen molar-refractivity contribution in [2.24, 2.45) is 7.05 Å². The molecule has 0 unspecified atom stereocenters. The molecule has 1 heterocycles. The summed E-state index contributed by atoms with van der Waals surface area (Å²) < 4.78 is 2.25. The molecule has 2 aromatic rings. The van der Waals surface area contributed by atoms with E-state index in [1.165, 1.54) is 22.2 Å². The van der Waals surface area contributed by atoms with Gasteiger partial charge in [-0.05, 0) is 37.8 Å². The van der Waals surface area contributed by atoms with Crippen molar-refractivity contribution in [2.45, 2.75) is 26.2 Å². The number of para-hydroxylation sites is 1. The van der Waals surface area contributed by atoms with E-state index in [4.69, 9.17) is 5.11 Å². The summed E-state index contributed by atoms with van der Waals surface area (Å²) in [5.74, 6) is 0. The van der Waals surface area contributed by atoms with Crippen molar-refractivity contribution in [3.63, 3.8) is 0 Å². The summed E-state index contributed by atoms with van der Waals surface area (Å²) in [6, 6.07) is 8.53. The summed E-state index contributed by atoms with van der Waals surface area (Å²) in [6.07, 6.45) is 3.02. The van der Waals surface area contributed by atoms with Crippen LogP contribution in [0.3, 0.4) is 0 Å². The van der Waals surface area contributed by atoms with Gasteiger partial charge in [0.2, 0.25) is 0 Å². The third kappa shape index (κ3) is 1.85. The van der Waals surface area contributed by atoms with Gasteiger partial charge in [-0.1, -0.05) is 18.2 Å². The molecule has 0 spiro atoms. The molecule has 0 aliphatic heterocycles. The molecule has 0 saturated carbocycles. The van der Waals surface area contributed by atoms with E-state index in [1.54, 1.807) is 0 Å².